The fourth-order valence-electron chi connectivity index (χ4n) is 6.42. The SMILES string of the molecule is Cc1ccc(-c2[c]c(-c3c(C)cc(C)c(-c4cccc5ccccc45)c3C)c(C)c(C)c2-c2ccccc2)cc1. The van der Waals surface area contributed by atoms with Crippen molar-refractivity contribution in [3.63, 3.8) is 0 Å². The van der Waals surface area contributed by atoms with Gasteiger partial charge in [0.1, 0.15) is 0 Å². The van der Waals surface area contributed by atoms with Crippen LogP contribution in [0.2, 0.25) is 0 Å². The number of benzene rings is 6. The molecule has 0 bridgehead atoms. The molecule has 0 heterocycles. The molecule has 0 saturated carbocycles. The lowest BCUT2D eigenvalue weighted by Crippen LogP contribution is -2.01. The lowest BCUT2D eigenvalue weighted by Gasteiger charge is -2.24. The highest BCUT2D eigenvalue weighted by Crippen LogP contribution is 2.45. The largest absolute Gasteiger partial charge is 0.0622 e. The van der Waals surface area contributed by atoms with Gasteiger partial charge in [-0.15, -0.1) is 0 Å². The monoisotopic (exact) mass is 515 g/mol. The molecule has 6 aromatic rings. The molecule has 0 saturated heterocycles. The molecule has 0 N–H and O–H groups in total. The van der Waals surface area contributed by atoms with Gasteiger partial charge in [0.25, 0.3) is 0 Å². The summed E-state index contributed by atoms with van der Waals surface area (Å²) in [6.07, 6.45) is 0. The molecule has 0 atom stereocenters. The van der Waals surface area contributed by atoms with Crippen molar-refractivity contribution in [1.29, 1.82) is 0 Å². The predicted molar refractivity (Wildman–Crippen MR) is 173 cm³/mol. The van der Waals surface area contributed by atoms with E-state index in [0.29, 0.717) is 0 Å². The highest BCUT2D eigenvalue weighted by Gasteiger charge is 2.22. The molecule has 1 radical (unpaired) electrons. The van der Waals surface area contributed by atoms with Crippen LogP contribution in [0, 0.1) is 47.6 Å². The van der Waals surface area contributed by atoms with E-state index in [4.69, 9.17) is 0 Å². The smallest absolute Gasteiger partial charge is 0.000468 e. The fraction of sp³-hybridized carbons (Fsp3) is 0.150. The van der Waals surface area contributed by atoms with Gasteiger partial charge in [0, 0.05) is 0 Å². The summed E-state index contributed by atoms with van der Waals surface area (Å²) >= 11 is 0. The number of fused-ring (bicyclic) bond motifs is 1. The Kier molecular flexibility index (Phi) is 6.64. The molecule has 6 aromatic carbocycles. The minimum Gasteiger partial charge on any atom is -0.0622 e. The fourth-order valence-corrected chi connectivity index (χ4v) is 6.42. The van der Waals surface area contributed by atoms with Gasteiger partial charge in [-0.2, -0.15) is 0 Å². The first kappa shape index (κ1) is 25.8. The van der Waals surface area contributed by atoms with E-state index in [1.165, 1.54) is 83.1 Å². The van der Waals surface area contributed by atoms with E-state index in [-0.39, 0.29) is 0 Å². The lowest BCUT2D eigenvalue weighted by atomic mass is 9.80. The van der Waals surface area contributed by atoms with Crippen molar-refractivity contribution >= 4 is 10.8 Å². The molecule has 0 unspecified atom stereocenters. The quantitative estimate of drug-likeness (QED) is 0.219. The third-order valence-electron chi connectivity index (χ3n) is 8.50. The minimum atomic E-state index is 1.16. The Bertz CT molecular complexity index is 1860. The summed E-state index contributed by atoms with van der Waals surface area (Å²) in [7, 11) is 0. The summed E-state index contributed by atoms with van der Waals surface area (Å²) in [6, 6.07) is 41.4. The molecular formula is C40H35. The van der Waals surface area contributed by atoms with Crippen molar-refractivity contribution in [3.8, 4) is 44.5 Å². The third-order valence-corrected chi connectivity index (χ3v) is 8.50. The van der Waals surface area contributed by atoms with Gasteiger partial charge in [-0.1, -0.05) is 109 Å². The highest BCUT2D eigenvalue weighted by molar-refractivity contribution is 6.00. The van der Waals surface area contributed by atoms with Gasteiger partial charge in [-0.25, -0.2) is 0 Å². The first-order valence-corrected chi connectivity index (χ1v) is 14.1. The van der Waals surface area contributed by atoms with Crippen LogP contribution in [-0.4, -0.2) is 0 Å². The van der Waals surface area contributed by atoms with E-state index in [0.717, 1.165) is 5.56 Å². The van der Waals surface area contributed by atoms with Gasteiger partial charge in [-0.3, -0.25) is 0 Å². The number of rotatable bonds is 4. The van der Waals surface area contributed by atoms with Crippen LogP contribution in [0.15, 0.2) is 103 Å². The maximum atomic E-state index is 3.99. The van der Waals surface area contributed by atoms with Crippen LogP contribution in [0.5, 0.6) is 0 Å². The summed E-state index contributed by atoms with van der Waals surface area (Å²) in [6.45, 7) is 13.5. The van der Waals surface area contributed by atoms with E-state index in [1.807, 2.05) is 0 Å². The van der Waals surface area contributed by atoms with Crippen molar-refractivity contribution < 1.29 is 0 Å². The molecule has 0 aliphatic heterocycles. The maximum absolute atomic E-state index is 3.99. The summed E-state index contributed by atoms with van der Waals surface area (Å²) in [5.41, 5.74) is 17.7. The zero-order valence-corrected chi connectivity index (χ0v) is 24.3. The maximum Gasteiger partial charge on any atom is -0.000468 e. The Morgan fingerprint density at radius 3 is 1.85 bits per heavy atom. The van der Waals surface area contributed by atoms with Crippen molar-refractivity contribution in [2.24, 2.45) is 0 Å². The van der Waals surface area contributed by atoms with Gasteiger partial charge in [0.05, 0.1) is 0 Å². The molecule has 0 amide bonds. The second kappa shape index (κ2) is 10.3. The first-order chi connectivity index (χ1) is 19.3. The Balaban J connectivity index is 1.67. The Labute approximate surface area is 239 Å². The Morgan fingerprint density at radius 2 is 1.10 bits per heavy atom. The number of aryl methyl sites for hydroxylation is 3. The first-order valence-electron chi connectivity index (χ1n) is 14.1. The summed E-state index contributed by atoms with van der Waals surface area (Å²) in [4.78, 5) is 0. The van der Waals surface area contributed by atoms with Gasteiger partial charge in [0.15, 0.2) is 0 Å². The number of hydrogen-bond acceptors (Lipinski definition) is 0. The molecule has 0 heteroatoms. The van der Waals surface area contributed by atoms with Gasteiger partial charge < -0.3 is 0 Å². The minimum absolute atomic E-state index is 1.16. The van der Waals surface area contributed by atoms with Crippen LogP contribution in [0.3, 0.4) is 0 Å². The van der Waals surface area contributed by atoms with E-state index < -0.39 is 0 Å². The van der Waals surface area contributed by atoms with Gasteiger partial charge in [0.2, 0.25) is 0 Å². The molecule has 40 heavy (non-hydrogen) atoms. The summed E-state index contributed by atoms with van der Waals surface area (Å²) < 4.78 is 0. The van der Waals surface area contributed by atoms with E-state index in [9.17, 15) is 0 Å². The van der Waals surface area contributed by atoms with Gasteiger partial charge >= 0.3 is 0 Å². The zero-order chi connectivity index (χ0) is 28.0. The molecule has 0 nitrogen and oxygen atoms in total. The molecule has 0 aliphatic carbocycles. The van der Waals surface area contributed by atoms with Crippen LogP contribution in [-0.2, 0) is 0 Å². The molecule has 0 aromatic heterocycles. The molecule has 195 valence electrons. The van der Waals surface area contributed by atoms with Crippen LogP contribution in [0.1, 0.15) is 33.4 Å². The van der Waals surface area contributed by atoms with Crippen LogP contribution >= 0.6 is 0 Å². The standard InChI is InChI=1S/C40H35/c1-25-19-21-32(22-20-25)37-24-36(28(4)29(5)40(37)33-14-8-7-9-15-33)39-27(3)23-26(2)38(30(39)6)35-18-12-16-31-13-10-11-17-34(31)35/h7-23H,1-6H3. The topological polar surface area (TPSA) is 0 Å². The zero-order valence-electron chi connectivity index (χ0n) is 24.3. The van der Waals surface area contributed by atoms with E-state index >= 15 is 0 Å². The van der Waals surface area contributed by atoms with Gasteiger partial charge in [-0.05, 0) is 131 Å². The molecule has 0 fully saturated rings. The van der Waals surface area contributed by atoms with E-state index in [1.54, 1.807) is 0 Å². The molecule has 6 rings (SSSR count). The summed E-state index contributed by atoms with van der Waals surface area (Å²) in [5, 5.41) is 2.57. The van der Waals surface area contributed by atoms with Crippen molar-refractivity contribution in [3.05, 3.63) is 143 Å². The second-order valence-corrected chi connectivity index (χ2v) is 11.1. The van der Waals surface area contributed by atoms with Crippen LogP contribution in [0.25, 0.3) is 55.3 Å². The average Bonchev–Trinajstić information content (AvgIpc) is 2.96. The Morgan fingerprint density at radius 1 is 0.450 bits per heavy atom. The molecule has 0 aliphatic rings. The Hall–Kier alpha value is -4.42. The predicted octanol–water partition coefficient (Wildman–Crippen LogP) is 11.2. The van der Waals surface area contributed by atoms with Crippen molar-refractivity contribution in [2.45, 2.75) is 41.5 Å². The molecular weight excluding hydrogens is 480 g/mol. The van der Waals surface area contributed by atoms with Crippen LogP contribution < -0.4 is 0 Å². The average molecular weight is 516 g/mol. The normalized spacial score (nSPS) is 11.2. The van der Waals surface area contributed by atoms with Crippen molar-refractivity contribution in [1.82, 2.24) is 0 Å². The molecule has 0 spiro atoms. The third kappa shape index (κ3) is 4.34. The highest BCUT2D eigenvalue weighted by atomic mass is 14.2. The summed E-state index contributed by atoms with van der Waals surface area (Å²) in [5.74, 6) is 0. The van der Waals surface area contributed by atoms with Crippen LogP contribution in [0.4, 0.5) is 0 Å². The van der Waals surface area contributed by atoms with E-state index in [2.05, 4.69) is 151 Å². The number of hydrogen-bond donors (Lipinski definition) is 0. The second-order valence-electron chi connectivity index (χ2n) is 11.1. The lowest BCUT2D eigenvalue weighted by molar-refractivity contribution is 1.28. The van der Waals surface area contributed by atoms with Crippen molar-refractivity contribution in [2.75, 3.05) is 0 Å².